The van der Waals surface area contributed by atoms with Crippen LogP contribution in [-0.2, 0) is 19.6 Å². The molecule has 138 valence electrons. The van der Waals surface area contributed by atoms with E-state index < -0.39 is 10.0 Å². The summed E-state index contributed by atoms with van der Waals surface area (Å²) in [4.78, 5) is 12.4. The lowest BCUT2D eigenvalue weighted by Crippen LogP contribution is -2.47. The molecular formula is C18H26N2O4S. The third kappa shape index (κ3) is 4.59. The van der Waals surface area contributed by atoms with Gasteiger partial charge >= 0.3 is 0 Å². The average molecular weight is 366 g/mol. The van der Waals surface area contributed by atoms with Gasteiger partial charge in [-0.15, -0.1) is 0 Å². The number of carbonyl (C=O) groups is 1. The number of piperidine rings is 1. The van der Waals surface area contributed by atoms with Crippen molar-refractivity contribution in [1.82, 2.24) is 9.62 Å². The molecule has 0 bridgehead atoms. The van der Waals surface area contributed by atoms with E-state index in [2.05, 4.69) is 17.4 Å². The van der Waals surface area contributed by atoms with Crippen LogP contribution in [0.2, 0.25) is 0 Å². The number of methoxy groups -OCH3 is 1. The van der Waals surface area contributed by atoms with Gasteiger partial charge in [0.15, 0.2) is 0 Å². The average Bonchev–Trinajstić information content (AvgIpc) is 3.42. The maximum absolute atomic E-state index is 12.4. The van der Waals surface area contributed by atoms with Crippen molar-refractivity contribution in [2.45, 2.75) is 31.2 Å². The van der Waals surface area contributed by atoms with Gasteiger partial charge in [-0.05, 0) is 30.7 Å². The van der Waals surface area contributed by atoms with Crippen LogP contribution in [0.15, 0.2) is 30.3 Å². The summed E-state index contributed by atoms with van der Waals surface area (Å²) in [6, 6.07) is 10.2. The van der Waals surface area contributed by atoms with Crippen molar-refractivity contribution in [2.24, 2.45) is 5.92 Å². The van der Waals surface area contributed by atoms with E-state index in [0.717, 1.165) is 6.42 Å². The predicted octanol–water partition coefficient (Wildman–Crippen LogP) is 1.35. The Morgan fingerprint density at radius 3 is 2.56 bits per heavy atom. The lowest BCUT2D eigenvalue weighted by atomic mass is 10.1. The monoisotopic (exact) mass is 366 g/mol. The fourth-order valence-electron chi connectivity index (χ4n) is 3.46. The SMILES string of the molecule is COCCS(=O)(=O)N1CCC(NC(=O)C2CC2c2ccccc2)CC1. The number of hydrogen-bond acceptors (Lipinski definition) is 4. The zero-order valence-corrected chi connectivity index (χ0v) is 15.4. The number of benzene rings is 1. The first kappa shape index (κ1) is 18.4. The van der Waals surface area contributed by atoms with Crippen LogP contribution in [0.25, 0.3) is 0 Å². The maximum Gasteiger partial charge on any atom is 0.223 e. The van der Waals surface area contributed by atoms with Crippen LogP contribution in [0.5, 0.6) is 0 Å². The van der Waals surface area contributed by atoms with Crippen molar-refractivity contribution in [3.63, 3.8) is 0 Å². The molecule has 2 fully saturated rings. The van der Waals surface area contributed by atoms with Gasteiger partial charge in [0.2, 0.25) is 15.9 Å². The Kier molecular flexibility index (Phi) is 5.76. The van der Waals surface area contributed by atoms with Crippen LogP contribution in [-0.4, -0.2) is 57.2 Å². The molecule has 2 unspecified atom stereocenters. The van der Waals surface area contributed by atoms with Crippen LogP contribution in [0.4, 0.5) is 0 Å². The molecule has 1 saturated heterocycles. The van der Waals surface area contributed by atoms with Gasteiger partial charge in [-0.25, -0.2) is 12.7 Å². The van der Waals surface area contributed by atoms with Crippen LogP contribution in [0.1, 0.15) is 30.7 Å². The molecule has 6 nitrogen and oxygen atoms in total. The van der Waals surface area contributed by atoms with E-state index in [1.165, 1.54) is 17.0 Å². The largest absolute Gasteiger partial charge is 0.384 e. The summed E-state index contributed by atoms with van der Waals surface area (Å²) >= 11 is 0. The van der Waals surface area contributed by atoms with Crippen molar-refractivity contribution >= 4 is 15.9 Å². The van der Waals surface area contributed by atoms with Crippen LogP contribution in [0.3, 0.4) is 0 Å². The molecule has 1 aliphatic heterocycles. The van der Waals surface area contributed by atoms with E-state index in [4.69, 9.17) is 4.74 Å². The minimum atomic E-state index is -3.25. The molecule has 0 spiro atoms. The Morgan fingerprint density at radius 1 is 1.24 bits per heavy atom. The summed E-state index contributed by atoms with van der Waals surface area (Å²) in [5, 5.41) is 3.11. The second-order valence-electron chi connectivity index (χ2n) is 6.85. The Morgan fingerprint density at radius 2 is 1.92 bits per heavy atom. The first-order valence-electron chi connectivity index (χ1n) is 8.83. The molecule has 1 heterocycles. The fourth-order valence-corrected chi connectivity index (χ4v) is 4.86. The molecule has 25 heavy (non-hydrogen) atoms. The van der Waals surface area contributed by atoms with E-state index in [1.54, 1.807) is 0 Å². The number of nitrogens with one attached hydrogen (secondary N) is 1. The second-order valence-corrected chi connectivity index (χ2v) is 8.94. The number of ether oxygens (including phenoxy) is 1. The number of nitrogens with zero attached hydrogens (tertiary/aromatic N) is 1. The third-order valence-electron chi connectivity index (χ3n) is 5.09. The normalized spacial score (nSPS) is 24.8. The number of sulfonamides is 1. The molecular weight excluding hydrogens is 340 g/mol. The van der Waals surface area contributed by atoms with E-state index >= 15 is 0 Å². The molecule has 1 saturated carbocycles. The third-order valence-corrected chi connectivity index (χ3v) is 6.93. The molecule has 1 aromatic rings. The summed E-state index contributed by atoms with van der Waals surface area (Å²) in [6.07, 6.45) is 2.24. The van der Waals surface area contributed by atoms with Gasteiger partial charge in [0, 0.05) is 32.2 Å². The van der Waals surface area contributed by atoms with Gasteiger partial charge in [-0.1, -0.05) is 30.3 Å². The molecule has 2 aliphatic rings. The van der Waals surface area contributed by atoms with E-state index in [0.29, 0.717) is 31.8 Å². The minimum absolute atomic E-state index is 0.0152. The predicted molar refractivity (Wildman–Crippen MR) is 95.7 cm³/mol. The Bertz CT molecular complexity index is 684. The maximum atomic E-state index is 12.4. The van der Waals surface area contributed by atoms with Gasteiger partial charge in [-0.3, -0.25) is 4.79 Å². The Balaban J connectivity index is 1.44. The molecule has 0 radical (unpaired) electrons. The van der Waals surface area contributed by atoms with Crippen LogP contribution >= 0.6 is 0 Å². The quantitative estimate of drug-likeness (QED) is 0.790. The smallest absolute Gasteiger partial charge is 0.223 e. The molecule has 0 aromatic heterocycles. The van der Waals surface area contributed by atoms with Crippen molar-refractivity contribution in [1.29, 1.82) is 0 Å². The summed E-state index contributed by atoms with van der Waals surface area (Å²) in [6.45, 7) is 1.13. The molecule has 1 aromatic carbocycles. The Hall–Kier alpha value is -1.44. The van der Waals surface area contributed by atoms with E-state index in [9.17, 15) is 13.2 Å². The summed E-state index contributed by atoms with van der Waals surface area (Å²) < 4.78 is 30.7. The second kappa shape index (κ2) is 7.85. The van der Waals surface area contributed by atoms with Crippen molar-refractivity contribution in [2.75, 3.05) is 32.6 Å². The van der Waals surface area contributed by atoms with Crippen LogP contribution in [0, 0.1) is 5.92 Å². The molecule has 1 amide bonds. The van der Waals surface area contributed by atoms with Gasteiger partial charge in [0.25, 0.3) is 0 Å². The Labute approximate surface area is 149 Å². The summed E-state index contributed by atoms with van der Waals surface area (Å²) in [5.74, 6) is 0.512. The summed E-state index contributed by atoms with van der Waals surface area (Å²) in [7, 11) is -1.75. The lowest BCUT2D eigenvalue weighted by molar-refractivity contribution is -0.123. The minimum Gasteiger partial charge on any atom is -0.384 e. The highest BCUT2D eigenvalue weighted by atomic mass is 32.2. The van der Waals surface area contributed by atoms with Crippen LogP contribution < -0.4 is 5.32 Å². The fraction of sp³-hybridized carbons (Fsp3) is 0.611. The molecule has 1 N–H and O–H groups in total. The molecule has 3 rings (SSSR count). The lowest BCUT2D eigenvalue weighted by Gasteiger charge is -2.31. The molecule has 1 aliphatic carbocycles. The van der Waals surface area contributed by atoms with E-state index in [-0.39, 0.29) is 30.2 Å². The summed E-state index contributed by atoms with van der Waals surface area (Å²) in [5.41, 5.74) is 1.22. The number of carbonyl (C=O) groups excluding carboxylic acids is 1. The zero-order valence-electron chi connectivity index (χ0n) is 14.6. The van der Waals surface area contributed by atoms with Gasteiger partial charge in [0.1, 0.15) is 0 Å². The first-order valence-corrected chi connectivity index (χ1v) is 10.4. The van der Waals surface area contributed by atoms with Crippen molar-refractivity contribution < 1.29 is 17.9 Å². The zero-order chi connectivity index (χ0) is 17.9. The highest BCUT2D eigenvalue weighted by Gasteiger charge is 2.44. The van der Waals surface area contributed by atoms with Gasteiger partial charge in [-0.2, -0.15) is 0 Å². The topological polar surface area (TPSA) is 75.7 Å². The standard InChI is InChI=1S/C18H26N2O4S/c1-24-11-12-25(22,23)20-9-7-15(8-10-20)19-18(21)17-13-16(17)14-5-3-2-4-6-14/h2-6,15-17H,7-13H2,1H3,(H,19,21). The van der Waals surface area contributed by atoms with E-state index in [1.807, 2.05) is 18.2 Å². The highest BCUT2D eigenvalue weighted by Crippen LogP contribution is 2.47. The van der Waals surface area contributed by atoms with Crippen molar-refractivity contribution in [3.8, 4) is 0 Å². The molecule has 2 atom stereocenters. The first-order chi connectivity index (χ1) is 12.0. The highest BCUT2D eigenvalue weighted by molar-refractivity contribution is 7.89. The van der Waals surface area contributed by atoms with Crippen molar-refractivity contribution in [3.05, 3.63) is 35.9 Å². The number of hydrogen-bond donors (Lipinski definition) is 1. The number of rotatable bonds is 7. The van der Waals surface area contributed by atoms with Gasteiger partial charge < -0.3 is 10.1 Å². The number of amides is 1. The molecule has 7 heteroatoms. The van der Waals surface area contributed by atoms with Gasteiger partial charge in [0.05, 0.1) is 12.4 Å².